The quantitative estimate of drug-likeness (QED) is 0.0352. The number of esters is 2. The number of carboxylic acid groups (broad SMARTS) is 1. The second kappa shape index (κ2) is 31.1. The molecule has 2 unspecified atom stereocenters. The molecule has 48 heavy (non-hydrogen) atoms. The molecule has 0 radical (unpaired) electrons. The molecule has 0 bridgehead atoms. The fourth-order valence-corrected chi connectivity index (χ4v) is 4.55. The van der Waals surface area contributed by atoms with Crippen LogP contribution in [-0.2, 0) is 28.6 Å². The minimum atomic E-state index is -0.893. The number of carbonyl (C=O) groups excluding carboxylic acids is 2. The molecule has 0 aromatic rings. The van der Waals surface area contributed by atoms with Crippen LogP contribution in [0.3, 0.4) is 0 Å². The average molecular weight is 673 g/mol. The monoisotopic (exact) mass is 672 g/mol. The summed E-state index contributed by atoms with van der Waals surface area (Å²) in [5, 5.41) is 9.54. The van der Waals surface area contributed by atoms with Crippen LogP contribution in [0.1, 0.15) is 110 Å². The predicted octanol–water partition coefficient (Wildman–Crippen LogP) is 8.85. The van der Waals surface area contributed by atoms with Crippen LogP contribution in [0.2, 0.25) is 0 Å². The van der Waals surface area contributed by atoms with Gasteiger partial charge in [-0.3, -0.25) is 9.59 Å². The van der Waals surface area contributed by atoms with Gasteiger partial charge in [-0.15, -0.1) is 0 Å². The highest BCUT2D eigenvalue weighted by atomic mass is 16.6. The molecular weight excluding hydrogens is 606 g/mol. The summed E-state index contributed by atoms with van der Waals surface area (Å²) in [5.41, 5.74) is 0. The van der Waals surface area contributed by atoms with E-state index in [-0.39, 0.29) is 49.1 Å². The third kappa shape index (κ3) is 29.0. The van der Waals surface area contributed by atoms with Crippen LogP contribution in [0.4, 0.5) is 0 Å². The van der Waals surface area contributed by atoms with Gasteiger partial charge in [-0.1, -0.05) is 99.6 Å². The second-order valence-electron chi connectivity index (χ2n) is 12.7. The van der Waals surface area contributed by atoms with Crippen LogP contribution in [0.25, 0.3) is 0 Å². The summed E-state index contributed by atoms with van der Waals surface area (Å²) < 4.78 is 17.0. The third-order valence-corrected chi connectivity index (χ3v) is 7.35. The van der Waals surface area contributed by atoms with Gasteiger partial charge in [-0.25, -0.2) is 4.79 Å². The number of quaternary nitrogens is 1. The number of hydrogen-bond acceptors (Lipinski definition) is 6. The molecule has 0 amide bonds. The first-order chi connectivity index (χ1) is 23.1. The molecule has 272 valence electrons. The van der Waals surface area contributed by atoms with Gasteiger partial charge in [0.15, 0.2) is 12.1 Å². The van der Waals surface area contributed by atoms with E-state index < -0.39 is 18.1 Å². The Kier molecular flexibility index (Phi) is 29.0. The summed E-state index contributed by atoms with van der Waals surface area (Å²) in [6, 6.07) is -0.629. The Morgan fingerprint density at radius 1 is 0.646 bits per heavy atom. The molecule has 0 aliphatic rings. The third-order valence-electron chi connectivity index (χ3n) is 7.35. The first kappa shape index (κ1) is 44.8. The van der Waals surface area contributed by atoms with Crippen LogP contribution in [-0.4, -0.2) is 80.6 Å². The Labute approximate surface area is 291 Å². The highest BCUT2D eigenvalue weighted by Crippen LogP contribution is 2.10. The van der Waals surface area contributed by atoms with Crippen molar-refractivity contribution in [2.75, 3.05) is 41.0 Å². The number of carboxylic acids is 1. The molecule has 0 saturated carbocycles. The highest BCUT2D eigenvalue weighted by Gasteiger charge is 2.31. The first-order valence-electron chi connectivity index (χ1n) is 18.0. The minimum Gasteiger partial charge on any atom is -0.477 e. The summed E-state index contributed by atoms with van der Waals surface area (Å²) >= 11 is 0. The Morgan fingerprint density at radius 3 is 1.75 bits per heavy atom. The van der Waals surface area contributed by atoms with E-state index in [1.165, 1.54) is 12.8 Å². The molecule has 2 atom stereocenters. The molecule has 0 fully saturated rings. The number of hydrogen-bond donors (Lipinski definition) is 1. The molecule has 0 aromatic heterocycles. The highest BCUT2D eigenvalue weighted by molar-refractivity contribution is 5.72. The maximum atomic E-state index is 12.5. The standard InChI is InChI=1S/C40H65NO7/c1-6-8-10-12-14-15-16-17-18-19-20-21-22-23-25-26-28-30-38(42)47-35-36(34-46-33-32-37(40(44)45)41(3,4)5)48-39(43)31-29-27-24-13-11-9-7-2/h8,10,14-15,17-18,20-21,23-25,27,36-37H,6-7,9,11-13,16,19,22,26,28-35H2,1-5H3/p+1/b10-8+,15-14+,18-17+,21-20+,25-23+,27-24+. The Bertz CT molecular complexity index is 1020. The lowest BCUT2D eigenvalue weighted by Crippen LogP contribution is -2.50. The van der Waals surface area contributed by atoms with Crippen molar-refractivity contribution in [3.05, 3.63) is 72.9 Å². The SMILES string of the molecule is CC/C=C/C/C=C/C/C=C/C/C=C/C/C=C/CCCC(=O)OCC(COCCC(C(=O)O)[N+](C)(C)C)OC(=O)CC/C=C/CCCCC. The van der Waals surface area contributed by atoms with Crippen molar-refractivity contribution >= 4 is 17.9 Å². The Hall–Kier alpha value is -3.23. The lowest BCUT2D eigenvalue weighted by atomic mass is 10.1. The minimum absolute atomic E-state index is 0.0232. The fourth-order valence-electron chi connectivity index (χ4n) is 4.55. The summed E-state index contributed by atoms with van der Waals surface area (Å²) in [5.74, 6) is -1.63. The molecule has 1 N–H and O–H groups in total. The fraction of sp³-hybridized carbons (Fsp3) is 0.625. The molecule has 0 saturated heterocycles. The van der Waals surface area contributed by atoms with Crippen molar-refractivity contribution in [1.82, 2.24) is 0 Å². The zero-order valence-corrected chi connectivity index (χ0v) is 30.7. The van der Waals surface area contributed by atoms with E-state index in [0.717, 1.165) is 51.4 Å². The van der Waals surface area contributed by atoms with Crippen molar-refractivity contribution in [3.63, 3.8) is 0 Å². The maximum Gasteiger partial charge on any atom is 0.362 e. The summed E-state index contributed by atoms with van der Waals surface area (Å²) in [6.45, 7) is 4.41. The number of ether oxygens (including phenoxy) is 3. The zero-order chi connectivity index (χ0) is 35.7. The van der Waals surface area contributed by atoms with Crippen LogP contribution >= 0.6 is 0 Å². The van der Waals surface area contributed by atoms with Gasteiger partial charge in [-0.05, 0) is 64.2 Å². The van der Waals surface area contributed by atoms with E-state index in [9.17, 15) is 19.5 Å². The number of likely N-dealkylation sites (N-methyl/N-ethyl adjacent to an activating group) is 1. The van der Waals surface area contributed by atoms with E-state index in [1.807, 2.05) is 27.2 Å². The van der Waals surface area contributed by atoms with Crippen molar-refractivity contribution in [2.45, 2.75) is 122 Å². The summed E-state index contributed by atoms with van der Waals surface area (Å²) in [4.78, 5) is 36.5. The number of nitrogens with zero attached hydrogens (tertiary/aromatic N) is 1. The van der Waals surface area contributed by atoms with Gasteiger partial charge in [0.25, 0.3) is 0 Å². The Balaban J connectivity index is 4.51. The summed E-state index contributed by atoms with van der Waals surface area (Å²) in [7, 11) is 5.47. The number of carbonyl (C=O) groups is 3. The van der Waals surface area contributed by atoms with Crippen LogP contribution in [0.15, 0.2) is 72.9 Å². The average Bonchev–Trinajstić information content (AvgIpc) is 3.03. The normalized spacial score (nSPS) is 13.9. The van der Waals surface area contributed by atoms with Gasteiger partial charge in [0.1, 0.15) is 6.61 Å². The summed E-state index contributed by atoms with van der Waals surface area (Å²) in [6.07, 6.45) is 37.0. The van der Waals surface area contributed by atoms with Gasteiger partial charge < -0.3 is 23.8 Å². The molecule has 0 aliphatic carbocycles. The van der Waals surface area contributed by atoms with E-state index in [4.69, 9.17) is 14.2 Å². The van der Waals surface area contributed by atoms with Gasteiger partial charge in [0.2, 0.25) is 0 Å². The van der Waals surface area contributed by atoms with Crippen LogP contribution < -0.4 is 0 Å². The lowest BCUT2D eigenvalue weighted by molar-refractivity contribution is -0.887. The second-order valence-corrected chi connectivity index (χ2v) is 12.7. The molecule has 0 spiro atoms. The van der Waals surface area contributed by atoms with Gasteiger partial charge in [-0.2, -0.15) is 0 Å². The number of unbranched alkanes of at least 4 members (excludes halogenated alkanes) is 4. The molecule has 0 aliphatic heterocycles. The predicted molar refractivity (Wildman–Crippen MR) is 197 cm³/mol. The van der Waals surface area contributed by atoms with Crippen LogP contribution in [0.5, 0.6) is 0 Å². The van der Waals surface area contributed by atoms with Crippen LogP contribution in [0, 0.1) is 0 Å². The number of aliphatic carboxylic acids is 1. The maximum absolute atomic E-state index is 12.5. The Morgan fingerprint density at radius 2 is 1.19 bits per heavy atom. The van der Waals surface area contributed by atoms with E-state index in [0.29, 0.717) is 19.3 Å². The lowest BCUT2D eigenvalue weighted by Gasteiger charge is -2.31. The number of rotatable bonds is 30. The molecule has 0 aromatic carbocycles. The number of allylic oxidation sites excluding steroid dienone is 12. The molecule has 8 heteroatoms. The van der Waals surface area contributed by atoms with Gasteiger partial charge >= 0.3 is 17.9 Å². The van der Waals surface area contributed by atoms with Crippen molar-refractivity contribution in [3.8, 4) is 0 Å². The van der Waals surface area contributed by atoms with Gasteiger partial charge in [0.05, 0.1) is 34.4 Å². The smallest absolute Gasteiger partial charge is 0.362 e. The zero-order valence-electron chi connectivity index (χ0n) is 30.7. The molecule has 0 heterocycles. The van der Waals surface area contributed by atoms with E-state index >= 15 is 0 Å². The molecule has 0 rings (SSSR count). The van der Waals surface area contributed by atoms with Crippen molar-refractivity contribution in [2.24, 2.45) is 0 Å². The topological polar surface area (TPSA) is 99.1 Å². The first-order valence-corrected chi connectivity index (χ1v) is 18.0. The van der Waals surface area contributed by atoms with Crippen molar-refractivity contribution < 1.29 is 38.2 Å². The van der Waals surface area contributed by atoms with E-state index in [1.54, 1.807) is 0 Å². The molecular formula is C40H66NO7+. The van der Waals surface area contributed by atoms with Gasteiger partial charge in [0, 0.05) is 19.3 Å². The largest absolute Gasteiger partial charge is 0.477 e. The van der Waals surface area contributed by atoms with E-state index in [2.05, 4.69) is 80.7 Å². The van der Waals surface area contributed by atoms with Crippen molar-refractivity contribution in [1.29, 1.82) is 0 Å². The molecule has 8 nitrogen and oxygen atoms in total.